The van der Waals surface area contributed by atoms with E-state index in [0.29, 0.717) is 22.6 Å². The molecule has 3 aliphatic rings. The van der Waals surface area contributed by atoms with Crippen LogP contribution < -0.4 is 16.4 Å². The van der Waals surface area contributed by atoms with E-state index in [0.717, 1.165) is 25.2 Å². The minimum Gasteiger partial charge on any atom is -0.366 e. The predicted octanol–water partition coefficient (Wildman–Crippen LogP) is -0.0869. The highest BCUT2D eigenvalue weighted by Gasteiger charge is 2.36. The first-order valence-corrected chi connectivity index (χ1v) is 9.22. The van der Waals surface area contributed by atoms with E-state index in [1.54, 1.807) is 24.4 Å². The van der Waals surface area contributed by atoms with Crippen molar-refractivity contribution in [1.29, 1.82) is 5.41 Å². The van der Waals surface area contributed by atoms with Crippen LogP contribution in [0.2, 0.25) is 5.21 Å². The van der Waals surface area contributed by atoms with E-state index >= 15 is 0 Å². The minimum atomic E-state index is -0.575. The SMILES string of the molecule is BC1(B)CCNCC1[C@H]1C=CC(N/C=C2/C=CC=C(C(N)=O)C2=N)=CC1. The summed E-state index contributed by atoms with van der Waals surface area (Å²) in [4.78, 5) is 11.4. The average molecular weight is 348 g/mol. The van der Waals surface area contributed by atoms with Crippen molar-refractivity contribution in [3.05, 3.63) is 59.5 Å². The molecule has 2 aliphatic carbocycles. The van der Waals surface area contributed by atoms with Crippen LogP contribution in [0.5, 0.6) is 0 Å². The molecule has 0 saturated carbocycles. The number of amides is 1. The largest absolute Gasteiger partial charge is 0.366 e. The summed E-state index contributed by atoms with van der Waals surface area (Å²) in [6, 6.07) is 0. The standard InChI is InChI=1S/C19H26B2N4O/c20-19(21)8-9-24-11-16(19)12-4-6-14(7-5-12)25-10-13-2-1-3-15(17(13)22)18(23)26/h1-4,6-7,10,12,16,22,24-25H,5,8-9,11,20-21H2,(H2,23,26)/b13-10-,22-17?/t12-,16?/m0/s1. The molecular weight excluding hydrogens is 322 g/mol. The fourth-order valence-corrected chi connectivity index (χ4v) is 3.96. The van der Waals surface area contributed by atoms with E-state index in [2.05, 4.69) is 44.6 Å². The zero-order valence-electron chi connectivity index (χ0n) is 15.5. The van der Waals surface area contributed by atoms with Gasteiger partial charge in [0.25, 0.3) is 5.91 Å². The maximum atomic E-state index is 11.4. The fourth-order valence-electron chi connectivity index (χ4n) is 3.96. The van der Waals surface area contributed by atoms with Crippen LogP contribution in [0.1, 0.15) is 12.8 Å². The molecule has 0 bridgehead atoms. The molecule has 7 heteroatoms. The molecule has 134 valence electrons. The quantitative estimate of drug-likeness (QED) is 0.536. The molecule has 0 aromatic carbocycles. The van der Waals surface area contributed by atoms with Crippen molar-refractivity contribution in [3.8, 4) is 0 Å². The first-order valence-electron chi connectivity index (χ1n) is 9.22. The van der Waals surface area contributed by atoms with Gasteiger partial charge in [0.2, 0.25) is 0 Å². The summed E-state index contributed by atoms with van der Waals surface area (Å²) in [5, 5.41) is 15.2. The second kappa shape index (κ2) is 7.54. The summed E-state index contributed by atoms with van der Waals surface area (Å²) in [5.41, 5.74) is 7.37. The molecule has 3 rings (SSSR count). The molecule has 0 radical (unpaired) electrons. The third-order valence-electron chi connectivity index (χ3n) is 5.72. The molecule has 1 fully saturated rings. The third kappa shape index (κ3) is 3.93. The molecule has 1 aliphatic heterocycles. The lowest BCUT2D eigenvalue weighted by Gasteiger charge is -2.43. The highest BCUT2D eigenvalue weighted by atomic mass is 16.1. The molecule has 5 nitrogen and oxygen atoms in total. The molecule has 2 atom stereocenters. The van der Waals surface area contributed by atoms with Gasteiger partial charge in [0, 0.05) is 17.5 Å². The molecule has 1 amide bonds. The maximum absolute atomic E-state index is 11.4. The van der Waals surface area contributed by atoms with Gasteiger partial charge in [0.05, 0.1) is 27.0 Å². The number of primary amides is 1. The van der Waals surface area contributed by atoms with Gasteiger partial charge in [-0.15, -0.1) is 0 Å². The Balaban J connectivity index is 1.62. The Kier molecular flexibility index (Phi) is 5.37. The van der Waals surface area contributed by atoms with Crippen LogP contribution >= 0.6 is 0 Å². The number of hydrogen-bond acceptors (Lipinski definition) is 4. The Morgan fingerprint density at radius 3 is 2.88 bits per heavy atom. The van der Waals surface area contributed by atoms with Crippen molar-refractivity contribution in [2.75, 3.05) is 13.1 Å². The van der Waals surface area contributed by atoms with Gasteiger partial charge < -0.3 is 16.4 Å². The summed E-state index contributed by atoms with van der Waals surface area (Å²) in [5.74, 6) is 0.614. The van der Waals surface area contributed by atoms with Gasteiger partial charge in [-0.1, -0.05) is 29.5 Å². The Labute approximate surface area is 156 Å². The molecule has 1 saturated heterocycles. The number of piperidine rings is 1. The zero-order valence-corrected chi connectivity index (χ0v) is 15.5. The van der Waals surface area contributed by atoms with Crippen LogP contribution in [0.25, 0.3) is 0 Å². The number of nitrogens with one attached hydrogen (secondary N) is 3. The predicted molar refractivity (Wildman–Crippen MR) is 111 cm³/mol. The van der Waals surface area contributed by atoms with Crippen LogP contribution in [-0.4, -0.2) is 40.4 Å². The number of carbonyl (C=O) groups is 1. The molecule has 0 spiro atoms. The second-order valence-corrected chi connectivity index (χ2v) is 7.89. The number of allylic oxidation sites excluding steroid dienone is 7. The number of carbonyl (C=O) groups excluding carboxylic acids is 1. The van der Waals surface area contributed by atoms with Gasteiger partial charge in [0.15, 0.2) is 0 Å². The highest BCUT2D eigenvalue weighted by molar-refractivity contribution is 6.40. The third-order valence-corrected chi connectivity index (χ3v) is 5.72. The number of rotatable bonds is 4. The lowest BCUT2D eigenvalue weighted by Crippen LogP contribution is -2.44. The lowest BCUT2D eigenvalue weighted by molar-refractivity contribution is -0.114. The van der Waals surface area contributed by atoms with Gasteiger partial charge in [-0.3, -0.25) is 10.2 Å². The van der Waals surface area contributed by atoms with Gasteiger partial charge >= 0.3 is 0 Å². The van der Waals surface area contributed by atoms with Crippen LogP contribution in [-0.2, 0) is 4.79 Å². The monoisotopic (exact) mass is 348 g/mol. The zero-order chi connectivity index (χ0) is 18.7. The van der Waals surface area contributed by atoms with Crippen molar-refractivity contribution >= 4 is 27.3 Å². The van der Waals surface area contributed by atoms with E-state index in [-0.39, 0.29) is 11.3 Å². The molecule has 0 aromatic heterocycles. The van der Waals surface area contributed by atoms with Crippen molar-refractivity contribution in [3.63, 3.8) is 0 Å². The van der Waals surface area contributed by atoms with Gasteiger partial charge in [-0.25, -0.2) is 0 Å². The molecule has 26 heavy (non-hydrogen) atoms. The van der Waals surface area contributed by atoms with E-state index in [1.807, 2.05) is 0 Å². The Morgan fingerprint density at radius 2 is 2.23 bits per heavy atom. The normalized spacial score (nSPS) is 29.2. The molecule has 1 unspecified atom stereocenters. The van der Waals surface area contributed by atoms with Crippen LogP contribution in [0.3, 0.4) is 0 Å². The Morgan fingerprint density at radius 1 is 1.42 bits per heavy atom. The molecule has 5 N–H and O–H groups in total. The molecule has 0 aromatic rings. The van der Waals surface area contributed by atoms with Crippen LogP contribution in [0, 0.1) is 17.2 Å². The smallest absolute Gasteiger partial charge is 0.250 e. The lowest BCUT2D eigenvalue weighted by atomic mass is 9.43. The van der Waals surface area contributed by atoms with Crippen molar-refractivity contribution in [1.82, 2.24) is 10.6 Å². The first-order chi connectivity index (χ1) is 12.4. The van der Waals surface area contributed by atoms with Gasteiger partial charge in [-0.05, 0) is 49.9 Å². The number of nitrogens with two attached hydrogens (primary N) is 1. The van der Waals surface area contributed by atoms with Gasteiger partial charge in [0.1, 0.15) is 0 Å². The summed E-state index contributed by atoms with van der Waals surface area (Å²) >= 11 is 0. The van der Waals surface area contributed by atoms with Gasteiger partial charge in [-0.2, -0.15) is 0 Å². The van der Waals surface area contributed by atoms with Crippen molar-refractivity contribution in [2.24, 2.45) is 17.6 Å². The Hall–Kier alpha value is -2.27. The summed E-state index contributed by atoms with van der Waals surface area (Å²) in [7, 11) is 4.75. The first kappa shape index (κ1) is 18.5. The maximum Gasteiger partial charge on any atom is 0.250 e. The molecule has 1 heterocycles. The van der Waals surface area contributed by atoms with E-state index < -0.39 is 5.91 Å². The van der Waals surface area contributed by atoms with Crippen LogP contribution in [0.4, 0.5) is 0 Å². The second-order valence-electron chi connectivity index (χ2n) is 7.89. The Bertz CT molecular complexity index is 762. The van der Waals surface area contributed by atoms with Crippen molar-refractivity contribution < 1.29 is 4.79 Å². The summed E-state index contributed by atoms with van der Waals surface area (Å²) in [6.45, 7) is 2.18. The number of hydrogen-bond donors (Lipinski definition) is 4. The van der Waals surface area contributed by atoms with E-state index in [4.69, 9.17) is 11.1 Å². The molecular formula is C19H26B2N4O. The van der Waals surface area contributed by atoms with Crippen LogP contribution in [0.15, 0.2) is 59.5 Å². The highest BCUT2D eigenvalue weighted by Crippen LogP contribution is 2.41. The summed E-state index contributed by atoms with van der Waals surface area (Å²) in [6.07, 6.45) is 15.7. The average Bonchev–Trinajstić information content (AvgIpc) is 2.61. The van der Waals surface area contributed by atoms with E-state index in [9.17, 15) is 4.79 Å². The summed E-state index contributed by atoms with van der Waals surface area (Å²) < 4.78 is 0. The minimum absolute atomic E-state index is 0.154. The van der Waals surface area contributed by atoms with Crippen molar-refractivity contribution in [2.45, 2.75) is 18.1 Å². The topological polar surface area (TPSA) is 91.0 Å². The fraction of sp³-hybridized carbons (Fsp3) is 0.368. The van der Waals surface area contributed by atoms with E-state index in [1.165, 1.54) is 6.42 Å².